The monoisotopic (exact) mass is 271 g/mol. The smallest absolute Gasteiger partial charge is 0.228 e. The first-order valence-corrected chi connectivity index (χ1v) is 6.39. The molecule has 1 aromatic carbocycles. The third kappa shape index (κ3) is 4.37. The molecule has 2 rings (SSSR count). The first kappa shape index (κ1) is 14.0. The zero-order valence-corrected chi connectivity index (χ0v) is 11.1. The topological polar surface area (TPSA) is 77.2 Å². The Kier molecular flexibility index (Phi) is 5.08. The summed E-state index contributed by atoms with van der Waals surface area (Å²) in [6.07, 6.45) is 3.66. The molecule has 2 aromatic rings. The van der Waals surface area contributed by atoms with E-state index in [1.54, 1.807) is 18.5 Å². The molecule has 0 atom stereocenters. The van der Waals surface area contributed by atoms with E-state index >= 15 is 0 Å². The largest absolute Gasteiger partial charge is 0.492 e. The number of ether oxygens (including phenoxy) is 1. The van der Waals surface area contributed by atoms with E-state index < -0.39 is 0 Å². The summed E-state index contributed by atoms with van der Waals surface area (Å²) < 4.78 is 5.41. The molecule has 1 amide bonds. The van der Waals surface area contributed by atoms with Crippen LogP contribution in [0.1, 0.15) is 5.56 Å². The van der Waals surface area contributed by atoms with Crippen LogP contribution in [0.5, 0.6) is 5.75 Å². The van der Waals surface area contributed by atoms with Gasteiger partial charge in [0.1, 0.15) is 12.4 Å². The predicted octanol–water partition coefficient (Wildman–Crippen LogP) is 1.60. The molecule has 0 bridgehead atoms. The number of rotatable bonds is 6. The lowest BCUT2D eigenvalue weighted by atomic mass is 10.2. The lowest BCUT2D eigenvalue weighted by Gasteiger charge is -2.08. The van der Waals surface area contributed by atoms with Crippen LogP contribution in [0.2, 0.25) is 0 Å². The van der Waals surface area contributed by atoms with Crippen LogP contribution in [0.25, 0.3) is 0 Å². The van der Waals surface area contributed by atoms with Gasteiger partial charge in [-0.15, -0.1) is 0 Å². The van der Waals surface area contributed by atoms with Crippen LogP contribution in [0, 0.1) is 0 Å². The number of benzene rings is 1. The third-order valence-corrected chi connectivity index (χ3v) is 2.62. The number of anilines is 1. The van der Waals surface area contributed by atoms with E-state index in [4.69, 9.17) is 10.5 Å². The van der Waals surface area contributed by atoms with Crippen molar-refractivity contribution in [3.8, 4) is 5.75 Å². The van der Waals surface area contributed by atoms with E-state index in [1.165, 1.54) is 0 Å². The summed E-state index contributed by atoms with van der Waals surface area (Å²) in [6.45, 7) is 0.910. The minimum Gasteiger partial charge on any atom is -0.492 e. The Morgan fingerprint density at radius 3 is 2.80 bits per heavy atom. The quantitative estimate of drug-likeness (QED) is 0.836. The fourth-order valence-electron chi connectivity index (χ4n) is 1.73. The highest BCUT2D eigenvalue weighted by Gasteiger charge is 2.04. The van der Waals surface area contributed by atoms with Crippen molar-refractivity contribution in [1.29, 1.82) is 0 Å². The molecule has 0 aliphatic rings. The van der Waals surface area contributed by atoms with Crippen LogP contribution in [0.4, 0.5) is 5.69 Å². The van der Waals surface area contributed by atoms with Gasteiger partial charge in [0.2, 0.25) is 5.91 Å². The Labute approximate surface area is 117 Å². The molecule has 0 aliphatic carbocycles. The predicted molar refractivity (Wildman–Crippen MR) is 77.6 cm³/mol. The van der Waals surface area contributed by atoms with Gasteiger partial charge >= 0.3 is 0 Å². The number of aromatic nitrogens is 1. The maximum absolute atomic E-state index is 11.9. The van der Waals surface area contributed by atoms with E-state index in [1.807, 2.05) is 30.3 Å². The van der Waals surface area contributed by atoms with E-state index in [-0.39, 0.29) is 5.91 Å². The van der Waals surface area contributed by atoms with Crippen LogP contribution in [-0.2, 0) is 11.2 Å². The van der Waals surface area contributed by atoms with E-state index in [0.717, 1.165) is 5.56 Å². The molecule has 20 heavy (non-hydrogen) atoms. The molecule has 3 N–H and O–H groups in total. The summed E-state index contributed by atoms with van der Waals surface area (Å²) in [7, 11) is 0. The highest BCUT2D eigenvalue weighted by molar-refractivity contribution is 5.92. The Balaban J connectivity index is 1.94. The van der Waals surface area contributed by atoms with Gasteiger partial charge in [-0.05, 0) is 29.8 Å². The van der Waals surface area contributed by atoms with Crippen LogP contribution >= 0.6 is 0 Å². The van der Waals surface area contributed by atoms with Gasteiger partial charge in [0.05, 0.1) is 6.42 Å². The van der Waals surface area contributed by atoms with Crippen molar-refractivity contribution in [3.63, 3.8) is 0 Å². The molecule has 1 aromatic heterocycles. The van der Waals surface area contributed by atoms with Gasteiger partial charge in [0.15, 0.2) is 0 Å². The van der Waals surface area contributed by atoms with Gasteiger partial charge in [0.25, 0.3) is 0 Å². The van der Waals surface area contributed by atoms with Crippen molar-refractivity contribution in [1.82, 2.24) is 4.98 Å². The number of hydrogen-bond donors (Lipinski definition) is 2. The Hall–Kier alpha value is -2.40. The zero-order valence-electron chi connectivity index (χ0n) is 11.1. The average Bonchev–Trinajstić information content (AvgIpc) is 2.46. The van der Waals surface area contributed by atoms with Crippen molar-refractivity contribution < 1.29 is 9.53 Å². The number of nitrogens with one attached hydrogen (secondary N) is 1. The number of carbonyl (C=O) groups is 1. The van der Waals surface area contributed by atoms with Crippen molar-refractivity contribution in [2.24, 2.45) is 5.73 Å². The lowest BCUT2D eigenvalue weighted by molar-refractivity contribution is -0.115. The number of carbonyl (C=O) groups excluding carboxylic acids is 1. The average molecular weight is 271 g/mol. The number of nitrogens with zero attached hydrogens (tertiary/aromatic N) is 1. The maximum atomic E-state index is 11.9. The fraction of sp³-hybridized carbons (Fsp3) is 0.200. The molecular formula is C15H17N3O2. The molecule has 0 spiro atoms. The molecular weight excluding hydrogens is 254 g/mol. The Morgan fingerprint density at radius 2 is 2.05 bits per heavy atom. The molecule has 0 unspecified atom stereocenters. The molecule has 1 heterocycles. The van der Waals surface area contributed by atoms with Gasteiger partial charge in [-0.25, -0.2) is 0 Å². The Bertz CT molecular complexity index is 558. The van der Waals surface area contributed by atoms with Gasteiger partial charge in [-0.1, -0.05) is 6.07 Å². The van der Waals surface area contributed by atoms with Crippen LogP contribution < -0.4 is 15.8 Å². The summed E-state index contributed by atoms with van der Waals surface area (Å²) >= 11 is 0. The Morgan fingerprint density at radius 1 is 1.25 bits per heavy atom. The second kappa shape index (κ2) is 7.25. The highest BCUT2D eigenvalue weighted by atomic mass is 16.5. The van der Waals surface area contributed by atoms with Crippen molar-refractivity contribution >= 4 is 11.6 Å². The highest BCUT2D eigenvalue weighted by Crippen LogP contribution is 2.17. The first-order chi connectivity index (χ1) is 9.78. The minimum atomic E-state index is -0.0767. The second-order valence-electron chi connectivity index (χ2n) is 4.25. The molecule has 0 fully saturated rings. The van der Waals surface area contributed by atoms with Gasteiger partial charge in [-0.3, -0.25) is 9.78 Å². The molecule has 0 radical (unpaired) electrons. The second-order valence-corrected chi connectivity index (χ2v) is 4.25. The van der Waals surface area contributed by atoms with Crippen molar-refractivity contribution in [2.45, 2.75) is 6.42 Å². The summed E-state index contributed by atoms with van der Waals surface area (Å²) in [5.41, 5.74) is 7.01. The lowest BCUT2D eigenvalue weighted by Crippen LogP contribution is -2.14. The molecule has 5 heteroatoms. The zero-order chi connectivity index (χ0) is 14.2. The summed E-state index contributed by atoms with van der Waals surface area (Å²) in [5, 5.41) is 2.84. The summed E-state index contributed by atoms with van der Waals surface area (Å²) in [6, 6.07) is 10.9. The minimum absolute atomic E-state index is 0.0767. The molecule has 0 saturated heterocycles. The number of hydrogen-bond acceptors (Lipinski definition) is 4. The number of pyridine rings is 1. The van der Waals surface area contributed by atoms with Crippen molar-refractivity contribution in [3.05, 3.63) is 54.4 Å². The number of nitrogens with two attached hydrogens (primary N) is 1. The maximum Gasteiger partial charge on any atom is 0.228 e. The number of amides is 1. The third-order valence-electron chi connectivity index (χ3n) is 2.62. The molecule has 0 aliphatic heterocycles. The van der Waals surface area contributed by atoms with Crippen molar-refractivity contribution in [2.75, 3.05) is 18.5 Å². The van der Waals surface area contributed by atoms with E-state index in [9.17, 15) is 4.79 Å². The SMILES string of the molecule is NCCOc1cccc(NC(=O)Cc2ccncc2)c1. The van der Waals surface area contributed by atoms with Crippen LogP contribution in [-0.4, -0.2) is 24.0 Å². The van der Waals surface area contributed by atoms with Crippen LogP contribution in [0.15, 0.2) is 48.8 Å². The molecule has 0 saturated carbocycles. The standard InChI is InChI=1S/C15H17N3O2/c16-6-9-20-14-3-1-2-13(11-14)18-15(19)10-12-4-7-17-8-5-12/h1-5,7-8,11H,6,9-10,16H2,(H,18,19). The van der Waals surface area contributed by atoms with E-state index in [2.05, 4.69) is 10.3 Å². The van der Waals surface area contributed by atoms with Crippen LogP contribution in [0.3, 0.4) is 0 Å². The van der Waals surface area contributed by atoms with Gasteiger partial charge < -0.3 is 15.8 Å². The van der Waals surface area contributed by atoms with E-state index in [0.29, 0.717) is 31.0 Å². The first-order valence-electron chi connectivity index (χ1n) is 6.39. The molecule has 5 nitrogen and oxygen atoms in total. The normalized spacial score (nSPS) is 10.1. The van der Waals surface area contributed by atoms with Gasteiger partial charge in [0, 0.05) is 30.7 Å². The summed E-state index contributed by atoms with van der Waals surface area (Å²) in [5.74, 6) is 0.615. The fourth-order valence-corrected chi connectivity index (χ4v) is 1.73. The molecule has 104 valence electrons. The summed E-state index contributed by atoms with van der Waals surface area (Å²) in [4.78, 5) is 15.8. The van der Waals surface area contributed by atoms with Gasteiger partial charge in [-0.2, -0.15) is 0 Å².